The minimum absolute atomic E-state index is 0.767. The summed E-state index contributed by atoms with van der Waals surface area (Å²) in [4.78, 5) is 0. The molecule has 0 aliphatic carbocycles. The third kappa shape index (κ3) is 2.44. The van der Waals surface area contributed by atoms with Crippen LogP contribution in [-0.2, 0) is 13.5 Å². The molecule has 0 aliphatic heterocycles. The predicted octanol–water partition coefficient (Wildman–Crippen LogP) is 2.47. The van der Waals surface area contributed by atoms with E-state index < -0.39 is 0 Å². The maximum Gasteiger partial charge on any atom is 0.128 e. The maximum absolute atomic E-state index is 5.52. The number of ether oxygens (including phenoxy) is 1. The third-order valence-corrected chi connectivity index (χ3v) is 3.16. The summed E-state index contributed by atoms with van der Waals surface area (Å²) in [6, 6.07) is 6.48. The molecule has 0 spiro atoms. The molecule has 0 unspecified atom stereocenters. The summed E-state index contributed by atoms with van der Waals surface area (Å²) in [5.74, 6) is 0.964. The Morgan fingerprint density at radius 2 is 2.12 bits per heavy atom. The Labute approximate surface area is 102 Å². The summed E-state index contributed by atoms with van der Waals surface area (Å²) in [5, 5.41) is 1.18. The lowest BCUT2D eigenvalue weighted by atomic mass is 10.1. The topological polar surface area (TPSA) is 40.2 Å². The average molecular weight is 232 g/mol. The highest BCUT2D eigenvalue weighted by Gasteiger charge is 2.07. The largest absolute Gasteiger partial charge is 0.496 e. The second-order valence-corrected chi connectivity index (χ2v) is 4.40. The molecule has 0 fully saturated rings. The molecule has 1 aromatic heterocycles. The van der Waals surface area contributed by atoms with Gasteiger partial charge in [-0.3, -0.25) is 0 Å². The molecule has 3 heteroatoms. The van der Waals surface area contributed by atoms with E-state index in [0.29, 0.717) is 0 Å². The van der Waals surface area contributed by atoms with Gasteiger partial charge < -0.3 is 15.0 Å². The van der Waals surface area contributed by atoms with Crippen molar-refractivity contribution in [2.24, 2.45) is 12.8 Å². The highest BCUT2D eigenvalue weighted by Crippen LogP contribution is 2.28. The number of benzene rings is 1. The van der Waals surface area contributed by atoms with Crippen molar-refractivity contribution < 1.29 is 4.74 Å². The number of nitrogens with zero attached hydrogens (tertiary/aromatic N) is 1. The number of fused-ring (bicyclic) bond motifs is 1. The van der Waals surface area contributed by atoms with Gasteiger partial charge in [0.2, 0.25) is 0 Å². The lowest BCUT2D eigenvalue weighted by molar-refractivity contribution is 0.419. The Kier molecular flexibility index (Phi) is 3.69. The van der Waals surface area contributed by atoms with Crippen LogP contribution in [-0.4, -0.2) is 18.2 Å². The fourth-order valence-corrected chi connectivity index (χ4v) is 2.18. The summed E-state index contributed by atoms with van der Waals surface area (Å²) in [6.45, 7) is 0.767. The highest BCUT2D eigenvalue weighted by molar-refractivity contribution is 5.87. The SMILES string of the molecule is COc1cc(CCCCN)cc2c1ccn2C. The van der Waals surface area contributed by atoms with Gasteiger partial charge in [-0.1, -0.05) is 0 Å². The minimum atomic E-state index is 0.767. The molecule has 3 nitrogen and oxygen atoms in total. The molecule has 0 radical (unpaired) electrons. The number of aryl methyl sites for hydroxylation is 2. The van der Waals surface area contributed by atoms with Crippen LogP contribution in [0.25, 0.3) is 10.9 Å². The van der Waals surface area contributed by atoms with Crippen LogP contribution in [0.3, 0.4) is 0 Å². The molecule has 0 bridgehead atoms. The van der Waals surface area contributed by atoms with E-state index in [0.717, 1.165) is 31.6 Å². The molecule has 92 valence electrons. The van der Waals surface area contributed by atoms with Gasteiger partial charge in [-0.2, -0.15) is 0 Å². The molecule has 0 saturated heterocycles. The molecular formula is C14H20N2O. The number of aromatic nitrogens is 1. The number of unbranched alkanes of at least 4 members (excludes halogenated alkanes) is 1. The molecular weight excluding hydrogens is 212 g/mol. The fourth-order valence-electron chi connectivity index (χ4n) is 2.18. The molecule has 2 N–H and O–H groups in total. The lowest BCUT2D eigenvalue weighted by Gasteiger charge is -2.08. The first kappa shape index (κ1) is 12.0. The lowest BCUT2D eigenvalue weighted by Crippen LogP contribution is -1.99. The van der Waals surface area contributed by atoms with Gasteiger partial charge in [0.15, 0.2) is 0 Å². The van der Waals surface area contributed by atoms with E-state index in [1.54, 1.807) is 7.11 Å². The van der Waals surface area contributed by atoms with E-state index in [4.69, 9.17) is 10.5 Å². The summed E-state index contributed by atoms with van der Waals surface area (Å²) in [7, 11) is 3.79. The predicted molar refractivity (Wildman–Crippen MR) is 71.5 cm³/mol. The van der Waals surface area contributed by atoms with Gasteiger partial charge in [0.1, 0.15) is 5.75 Å². The van der Waals surface area contributed by atoms with Crippen LogP contribution >= 0.6 is 0 Å². The number of hydrogen-bond donors (Lipinski definition) is 1. The van der Waals surface area contributed by atoms with Gasteiger partial charge in [-0.25, -0.2) is 0 Å². The van der Waals surface area contributed by atoms with Crippen molar-refractivity contribution in [3.05, 3.63) is 30.0 Å². The van der Waals surface area contributed by atoms with Crippen LogP contribution in [0.5, 0.6) is 5.75 Å². The maximum atomic E-state index is 5.52. The molecule has 2 aromatic rings. The van der Waals surface area contributed by atoms with Gasteiger partial charge in [-0.05, 0) is 49.6 Å². The Bertz CT molecular complexity index is 502. The van der Waals surface area contributed by atoms with E-state index in [1.807, 2.05) is 0 Å². The van der Waals surface area contributed by atoms with Gasteiger partial charge in [0, 0.05) is 18.6 Å². The van der Waals surface area contributed by atoms with Gasteiger partial charge in [0.05, 0.1) is 12.6 Å². The zero-order chi connectivity index (χ0) is 12.3. The zero-order valence-corrected chi connectivity index (χ0v) is 10.6. The second-order valence-electron chi connectivity index (χ2n) is 4.40. The van der Waals surface area contributed by atoms with Gasteiger partial charge in [-0.15, -0.1) is 0 Å². The van der Waals surface area contributed by atoms with Crippen molar-refractivity contribution in [2.45, 2.75) is 19.3 Å². The number of hydrogen-bond acceptors (Lipinski definition) is 2. The summed E-state index contributed by atoms with van der Waals surface area (Å²) >= 11 is 0. The number of rotatable bonds is 5. The molecule has 0 saturated carbocycles. The monoisotopic (exact) mass is 232 g/mol. The van der Waals surface area contributed by atoms with E-state index in [9.17, 15) is 0 Å². The van der Waals surface area contributed by atoms with Gasteiger partial charge in [0.25, 0.3) is 0 Å². The minimum Gasteiger partial charge on any atom is -0.496 e. The quantitative estimate of drug-likeness (QED) is 0.804. The molecule has 0 atom stereocenters. The highest BCUT2D eigenvalue weighted by atomic mass is 16.5. The molecule has 17 heavy (non-hydrogen) atoms. The fraction of sp³-hybridized carbons (Fsp3) is 0.429. The molecule has 0 aliphatic rings. The Morgan fingerprint density at radius 3 is 2.82 bits per heavy atom. The third-order valence-electron chi connectivity index (χ3n) is 3.16. The molecule has 1 heterocycles. The van der Waals surface area contributed by atoms with Crippen molar-refractivity contribution in [3.8, 4) is 5.75 Å². The number of methoxy groups -OCH3 is 1. The Hall–Kier alpha value is -1.48. The molecule has 2 rings (SSSR count). The van der Waals surface area contributed by atoms with Crippen molar-refractivity contribution in [2.75, 3.05) is 13.7 Å². The van der Waals surface area contributed by atoms with E-state index in [2.05, 4.69) is 36.0 Å². The average Bonchev–Trinajstić information content (AvgIpc) is 2.71. The van der Waals surface area contributed by atoms with Crippen molar-refractivity contribution >= 4 is 10.9 Å². The van der Waals surface area contributed by atoms with Crippen LogP contribution in [0.15, 0.2) is 24.4 Å². The Morgan fingerprint density at radius 1 is 1.29 bits per heavy atom. The van der Waals surface area contributed by atoms with Crippen LogP contribution < -0.4 is 10.5 Å². The van der Waals surface area contributed by atoms with Crippen molar-refractivity contribution in [1.82, 2.24) is 4.57 Å². The van der Waals surface area contributed by atoms with Crippen LogP contribution in [0, 0.1) is 0 Å². The summed E-state index contributed by atoms with van der Waals surface area (Å²) in [5.41, 5.74) is 8.07. The Balaban J connectivity index is 2.33. The molecule has 1 aromatic carbocycles. The summed E-state index contributed by atoms with van der Waals surface area (Å²) < 4.78 is 7.58. The standard InChI is InChI=1S/C14H20N2O/c1-16-8-6-12-13(16)9-11(5-3-4-7-15)10-14(12)17-2/h6,8-10H,3-5,7,15H2,1-2H3. The van der Waals surface area contributed by atoms with Crippen LogP contribution in [0.2, 0.25) is 0 Å². The number of nitrogens with two attached hydrogens (primary N) is 1. The first-order valence-electron chi connectivity index (χ1n) is 6.08. The van der Waals surface area contributed by atoms with Gasteiger partial charge >= 0.3 is 0 Å². The zero-order valence-electron chi connectivity index (χ0n) is 10.6. The normalized spacial score (nSPS) is 11.0. The van der Waals surface area contributed by atoms with E-state index in [1.165, 1.54) is 16.5 Å². The molecule has 0 amide bonds. The smallest absolute Gasteiger partial charge is 0.128 e. The van der Waals surface area contributed by atoms with Crippen LogP contribution in [0.4, 0.5) is 0 Å². The van der Waals surface area contributed by atoms with Crippen molar-refractivity contribution in [1.29, 1.82) is 0 Å². The first-order valence-corrected chi connectivity index (χ1v) is 6.08. The second kappa shape index (κ2) is 5.23. The van der Waals surface area contributed by atoms with Crippen molar-refractivity contribution in [3.63, 3.8) is 0 Å². The van der Waals surface area contributed by atoms with Crippen LogP contribution in [0.1, 0.15) is 18.4 Å². The van der Waals surface area contributed by atoms with E-state index >= 15 is 0 Å². The van der Waals surface area contributed by atoms with E-state index in [-0.39, 0.29) is 0 Å². The first-order chi connectivity index (χ1) is 8.26. The summed E-state index contributed by atoms with van der Waals surface area (Å²) in [6.07, 6.45) is 5.34.